The van der Waals surface area contributed by atoms with E-state index in [-0.39, 0.29) is 17.5 Å². The van der Waals surface area contributed by atoms with E-state index in [0.29, 0.717) is 36.4 Å². The predicted octanol–water partition coefficient (Wildman–Crippen LogP) is 1.51. The van der Waals surface area contributed by atoms with Crippen LogP contribution in [0, 0.1) is 23.1 Å². The molecule has 1 N–H and O–H groups in total. The fraction of sp³-hybridized carbons (Fsp3) is 0.526. The average molecular weight is 419 g/mol. The van der Waals surface area contributed by atoms with Crippen LogP contribution in [-0.2, 0) is 10.0 Å². The summed E-state index contributed by atoms with van der Waals surface area (Å²) in [6.07, 6.45) is 4.49. The average Bonchev–Trinajstić information content (AvgIpc) is 3.50. The van der Waals surface area contributed by atoms with Gasteiger partial charge in [-0.1, -0.05) is 0 Å². The number of rotatable bonds is 5. The van der Waals surface area contributed by atoms with E-state index >= 15 is 0 Å². The van der Waals surface area contributed by atoms with Crippen LogP contribution in [0.5, 0.6) is 0 Å². The normalized spacial score (nSPS) is 20.0. The Labute approximate surface area is 168 Å². The van der Waals surface area contributed by atoms with Gasteiger partial charge in [-0.25, -0.2) is 22.3 Å². The molecule has 1 aliphatic carbocycles. The number of anilines is 1. The number of halogens is 1. The summed E-state index contributed by atoms with van der Waals surface area (Å²) in [5, 5.41) is 9.83. The Morgan fingerprint density at radius 2 is 2.10 bits per heavy atom. The predicted molar refractivity (Wildman–Crippen MR) is 107 cm³/mol. The van der Waals surface area contributed by atoms with Crippen molar-refractivity contribution in [3.8, 4) is 6.07 Å². The molecule has 29 heavy (non-hydrogen) atoms. The Bertz CT molecular complexity index is 1170. The maximum atomic E-state index is 14.3. The van der Waals surface area contributed by atoms with E-state index in [1.165, 1.54) is 16.7 Å². The molecule has 1 saturated heterocycles. The Hall–Kier alpha value is -2.51. The van der Waals surface area contributed by atoms with Gasteiger partial charge in [0.25, 0.3) is 0 Å². The first-order chi connectivity index (χ1) is 13.8. The van der Waals surface area contributed by atoms with Crippen molar-refractivity contribution in [2.75, 3.05) is 30.8 Å². The SMILES string of the molecule is CS(=O)(=O)NCC1CCCN(c2nc(=O)n(C3CC3)c3cc(F)c(C#N)cc23)C1. The standard InChI is InChI=1S/C19H22FN5O3S/c1-29(27,28)22-10-12-3-2-6-24(11-12)18-15-7-13(9-21)16(20)8-17(15)25(14-4-5-14)19(26)23-18/h7-8,12,14,22H,2-6,10-11H2,1H3. The van der Waals surface area contributed by atoms with Gasteiger partial charge in [-0.3, -0.25) is 4.57 Å². The summed E-state index contributed by atoms with van der Waals surface area (Å²) in [7, 11) is -3.28. The van der Waals surface area contributed by atoms with Gasteiger partial charge in [0, 0.05) is 31.1 Å². The minimum Gasteiger partial charge on any atom is -0.356 e. The van der Waals surface area contributed by atoms with Crippen LogP contribution in [0.15, 0.2) is 16.9 Å². The molecule has 1 unspecified atom stereocenters. The van der Waals surface area contributed by atoms with E-state index < -0.39 is 21.5 Å². The second kappa shape index (κ2) is 7.39. The smallest absolute Gasteiger partial charge is 0.350 e. The molecule has 0 bridgehead atoms. The number of fused-ring (bicyclic) bond motifs is 1. The largest absolute Gasteiger partial charge is 0.356 e. The summed E-state index contributed by atoms with van der Waals surface area (Å²) in [6, 6.07) is 4.59. The van der Waals surface area contributed by atoms with E-state index in [1.54, 1.807) is 0 Å². The molecule has 154 valence electrons. The van der Waals surface area contributed by atoms with Gasteiger partial charge in [0.2, 0.25) is 10.0 Å². The summed E-state index contributed by atoms with van der Waals surface area (Å²) in [5.74, 6) is -0.153. The van der Waals surface area contributed by atoms with Crippen molar-refractivity contribution in [3.05, 3.63) is 34.0 Å². The van der Waals surface area contributed by atoms with Crippen molar-refractivity contribution in [2.24, 2.45) is 5.92 Å². The minimum atomic E-state index is -3.28. The molecule has 4 rings (SSSR count). The van der Waals surface area contributed by atoms with Crippen molar-refractivity contribution in [2.45, 2.75) is 31.7 Å². The molecular formula is C19H22FN5O3S. The molecule has 0 radical (unpaired) electrons. The zero-order valence-corrected chi connectivity index (χ0v) is 16.9. The van der Waals surface area contributed by atoms with Crippen LogP contribution in [0.4, 0.5) is 10.2 Å². The highest BCUT2D eigenvalue weighted by Crippen LogP contribution is 2.38. The molecule has 2 heterocycles. The minimum absolute atomic E-state index is 0.0203. The van der Waals surface area contributed by atoms with Crippen LogP contribution in [-0.4, -0.2) is 43.9 Å². The molecular weight excluding hydrogens is 397 g/mol. The lowest BCUT2D eigenvalue weighted by Gasteiger charge is -2.34. The van der Waals surface area contributed by atoms with E-state index in [9.17, 15) is 22.9 Å². The zero-order chi connectivity index (χ0) is 20.8. The number of aromatic nitrogens is 2. The molecule has 1 aromatic carbocycles. The highest BCUT2D eigenvalue weighted by molar-refractivity contribution is 7.88. The van der Waals surface area contributed by atoms with Crippen LogP contribution in [0.2, 0.25) is 0 Å². The number of nitrogens with one attached hydrogen (secondary N) is 1. The van der Waals surface area contributed by atoms with Crippen molar-refractivity contribution in [1.29, 1.82) is 5.26 Å². The number of nitriles is 1. The summed E-state index contributed by atoms with van der Waals surface area (Å²) < 4.78 is 41.2. The molecule has 2 aromatic rings. The molecule has 2 fully saturated rings. The highest BCUT2D eigenvalue weighted by Gasteiger charge is 2.30. The van der Waals surface area contributed by atoms with Crippen molar-refractivity contribution in [3.63, 3.8) is 0 Å². The third-order valence-electron chi connectivity index (χ3n) is 5.48. The van der Waals surface area contributed by atoms with Crippen molar-refractivity contribution in [1.82, 2.24) is 14.3 Å². The molecule has 10 heteroatoms. The number of benzene rings is 1. The first-order valence-electron chi connectivity index (χ1n) is 9.62. The van der Waals surface area contributed by atoms with Crippen LogP contribution in [0.3, 0.4) is 0 Å². The molecule has 1 atom stereocenters. The van der Waals surface area contributed by atoms with Crippen molar-refractivity contribution >= 4 is 26.7 Å². The lowest BCUT2D eigenvalue weighted by molar-refractivity contribution is 0.410. The number of piperidine rings is 1. The fourth-order valence-electron chi connectivity index (χ4n) is 3.95. The summed E-state index contributed by atoms with van der Waals surface area (Å²) in [5.41, 5.74) is -0.0558. The molecule has 2 aliphatic rings. The molecule has 1 aromatic heterocycles. The summed E-state index contributed by atoms with van der Waals surface area (Å²) in [4.78, 5) is 19.0. The third-order valence-corrected chi connectivity index (χ3v) is 6.17. The van der Waals surface area contributed by atoms with Crippen molar-refractivity contribution < 1.29 is 12.8 Å². The van der Waals surface area contributed by atoms with Gasteiger partial charge in [0.1, 0.15) is 17.7 Å². The Morgan fingerprint density at radius 3 is 2.76 bits per heavy atom. The van der Waals surface area contributed by atoms with Gasteiger partial charge in [-0.15, -0.1) is 0 Å². The monoisotopic (exact) mass is 419 g/mol. The number of hydrogen-bond acceptors (Lipinski definition) is 6. The Kier molecular flexibility index (Phi) is 5.04. The van der Waals surface area contributed by atoms with Crippen LogP contribution >= 0.6 is 0 Å². The van der Waals surface area contributed by atoms with E-state index in [4.69, 9.17) is 0 Å². The molecule has 8 nitrogen and oxygen atoms in total. The second-order valence-corrected chi connectivity index (χ2v) is 9.69. The second-order valence-electron chi connectivity index (χ2n) is 7.86. The van der Waals surface area contributed by atoms with Gasteiger partial charge in [-0.2, -0.15) is 10.2 Å². The topological polar surface area (TPSA) is 108 Å². The van der Waals surface area contributed by atoms with Gasteiger partial charge >= 0.3 is 5.69 Å². The maximum absolute atomic E-state index is 14.3. The number of nitrogens with zero attached hydrogens (tertiary/aromatic N) is 4. The van der Waals surface area contributed by atoms with Gasteiger partial charge < -0.3 is 4.90 Å². The van der Waals surface area contributed by atoms with Crippen LogP contribution < -0.4 is 15.3 Å². The van der Waals surface area contributed by atoms with Crippen LogP contribution in [0.25, 0.3) is 10.9 Å². The number of hydrogen-bond donors (Lipinski definition) is 1. The first-order valence-corrected chi connectivity index (χ1v) is 11.5. The molecule has 0 spiro atoms. The summed E-state index contributed by atoms with van der Waals surface area (Å²) in [6.45, 7) is 1.49. The van der Waals surface area contributed by atoms with E-state index in [0.717, 1.165) is 31.9 Å². The molecule has 1 aliphatic heterocycles. The first kappa shape index (κ1) is 19.8. The Balaban J connectivity index is 1.76. The lowest BCUT2D eigenvalue weighted by Crippen LogP contribution is -2.42. The molecule has 1 saturated carbocycles. The fourth-order valence-corrected chi connectivity index (χ4v) is 4.49. The Morgan fingerprint density at radius 1 is 1.34 bits per heavy atom. The maximum Gasteiger partial charge on any atom is 0.350 e. The van der Waals surface area contributed by atoms with Gasteiger partial charge in [-0.05, 0) is 43.7 Å². The summed E-state index contributed by atoms with van der Waals surface area (Å²) >= 11 is 0. The van der Waals surface area contributed by atoms with Crippen LogP contribution in [0.1, 0.15) is 37.3 Å². The van der Waals surface area contributed by atoms with Gasteiger partial charge in [0.15, 0.2) is 0 Å². The lowest BCUT2D eigenvalue weighted by atomic mass is 9.98. The highest BCUT2D eigenvalue weighted by atomic mass is 32.2. The van der Waals surface area contributed by atoms with E-state index in [1.807, 2.05) is 11.0 Å². The van der Waals surface area contributed by atoms with E-state index in [2.05, 4.69) is 9.71 Å². The zero-order valence-electron chi connectivity index (χ0n) is 16.1. The third kappa shape index (κ3) is 4.11. The van der Waals surface area contributed by atoms with Gasteiger partial charge in [0.05, 0.1) is 17.3 Å². The molecule has 0 amide bonds. The quantitative estimate of drug-likeness (QED) is 0.787. The number of sulfonamides is 1.